The van der Waals surface area contributed by atoms with Gasteiger partial charge in [0, 0.05) is 5.56 Å². The summed E-state index contributed by atoms with van der Waals surface area (Å²) in [6.07, 6.45) is 4.24. The van der Waals surface area contributed by atoms with Crippen LogP contribution in [0.15, 0.2) is 18.2 Å². The van der Waals surface area contributed by atoms with Gasteiger partial charge in [-0.1, -0.05) is 31.4 Å². The van der Waals surface area contributed by atoms with Gasteiger partial charge in [-0.2, -0.15) is 0 Å². The number of phenols is 1. The average molecular weight is 423 g/mol. The Kier molecular flexibility index (Phi) is 6.49. The van der Waals surface area contributed by atoms with Crippen molar-refractivity contribution in [2.75, 3.05) is 6.61 Å². The summed E-state index contributed by atoms with van der Waals surface area (Å²) in [6, 6.07) is 2.63. The van der Waals surface area contributed by atoms with E-state index in [0.717, 1.165) is 25.7 Å². The first-order valence-corrected chi connectivity index (χ1v) is 10.3. The number of Topliss-reactive ketones (excluding diaryl/α,β-unsaturated/α-hetero) is 1. The molecule has 158 valence electrons. The number of hydrogen-bond acceptors (Lipinski definition) is 5. The van der Waals surface area contributed by atoms with Crippen LogP contribution in [0, 0.1) is 5.41 Å². The van der Waals surface area contributed by atoms with Crippen molar-refractivity contribution in [1.82, 2.24) is 10.6 Å². The van der Waals surface area contributed by atoms with Crippen LogP contribution >= 0.6 is 11.6 Å². The predicted octanol–water partition coefficient (Wildman–Crippen LogP) is 2.59. The number of hydrogen-bond donors (Lipinski definition) is 3. The van der Waals surface area contributed by atoms with Crippen LogP contribution in [0.5, 0.6) is 5.75 Å². The van der Waals surface area contributed by atoms with Gasteiger partial charge in [0.2, 0.25) is 5.91 Å². The minimum absolute atomic E-state index is 0.0210. The number of nitrogens with one attached hydrogen (secondary N) is 2. The number of carbonyl (C=O) groups is 3. The van der Waals surface area contributed by atoms with E-state index in [1.165, 1.54) is 18.2 Å². The minimum Gasteiger partial charge on any atom is -0.506 e. The van der Waals surface area contributed by atoms with Crippen LogP contribution in [0.3, 0.4) is 0 Å². The first-order chi connectivity index (χ1) is 13.7. The van der Waals surface area contributed by atoms with E-state index in [1.54, 1.807) is 6.92 Å². The van der Waals surface area contributed by atoms with E-state index in [4.69, 9.17) is 16.3 Å². The maximum Gasteiger partial charge on any atom is 0.251 e. The number of amides is 2. The smallest absolute Gasteiger partial charge is 0.251 e. The number of aromatic hydroxyl groups is 1. The van der Waals surface area contributed by atoms with Crippen molar-refractivity contribution >= 4 is 29.2 Å². The first kappa shape index (κ1) is 21.6. The van der Waals surface area contributed by atoms with Crippen LogP contribution in [0.2, 0.25) is 5.02 Å². The molecule has 0 bridgehead atoms. The van der Waals surface area contributed by atoms with Gasteiger partial charge in [0.15, 0.2) is 5.78 Å². The molecule has 0 aromatic heterocycles. The zero-order valence-corrected chi connectivity index (χ0v) is 17.4. The summed E-state index contributed by atoms with van der Waals surface area (Å²) in [4.78, 5) is 37.8. The van der Waals surface area contributed by atoms with Crippen LogP contribution in [-0.4, -0.2) is 47.5 Å². The van der Waals surface area contributed by atoms with Gasteiger partial charge in [-0.15, -0.1) is 0 Å². The lowest BCUT2D eigenvalue weighted by Crippen LogP contribution is -2.54. The molecule has 1 aromatic carbocycles. The Bertz CT molecular complexity index is 806. The second-order valence-electron chi connectivity index (χ2n) is 8.38. The molecule has 3 rings (SSSR count). The van der Waals surface area contributed by atoms with Crippen molar-refractivity contribution < 1.29 is 24.2 Å². The summed E-state index contributed by atoms with van der Waals surface area (Å²) in [5.41, 5.74) is 0.194. The number of halogens is 1. The highest BCUT2D eigenvalue weighted by molar-refractivity contribution is 6.32. The van der Waals surface area contributed by atoms with Crippen molar-refractivity contribution in [2.45, 2.75) is 64.1 Å². The molecule has 1 aliphatic heterocycles. The maximum atomic E-state index is 13.0. The van der Waals surface area contributed by atoms with Crippen LogP contribution in [0.25, 0.3) is 0 Å². The summed E-state index contributed by atoms with van der Waals surface area (Å²) in [7, 11) is 0. The molecular formula is C21H27ClN2O5. The van der Waals surface area contributed by atoms with E-state index in [9.17, 15) is 19.5 Å². The van der Waals surface area contributed by atoms with Gasteiger partial charge in [0.1, 0.15) is 24.4 Å². The van der Waals surface area contributed by atoms with E-state index in [1.807, 2.05) is 0 Å². The molecular weight excluding hydrogens is 396 g/mol. The van der Waals surface area contributed by atoms with E-state index in [-0.39, 0.29) is 34.1 Å². The lowest BCUT2D eigenvalue weighted by Gasteiger charge is -2.30. The van der Waals surface area contributed by atoms with Crippen LogP contribution in [0.1, 0.15) is 56.3 Å². The molecule has 2 amide bonds. The maximum absolute atomic E-state index is 13.0. The Labute approximate surface area is 175 Å². The molecule has 3 atom stereocenters. The average Bonchev–Trinajstić information content (AvgIpc) is 3.23. The third-order valence-corrected chi connectivity index (χ3v) is 6.24. The molecule has 0 unspecified atom stereocenters. The predicted molar refractivity (Wildman–Crippen MR) is 108 cm³/mol. The van der Waals surface area contributed by atoms with E-state index < -0.39 is 30.0 Å². The largest absolute Gasteiger partial charge is 0.506 e. The Hall–Kier alpha value is -2.12. The molecule has 7 nitrogen and oxygen atoms in total. The molecule has 0 radical (unpaired) electrons. The van der Waals surface area contributed by atoms with Crippen LogP contribution in [0.4, 0.5) is 0 Å². The number of rotatable bonds is 6. The molecule has 8 heteroatoms. The van der Waals surface area contributed by atoms with E-state index in [2.05, 4.69) is 17.6 Å². The lowest BCUT2D eigenvalue weighted by atomic mass is 9.81. The summed E-state index contributed by atoms with van der Waals surface area (Å²) in [5, 5.41) is 15.2. The zero-order chi connectivity index (χ0) is 21.2. The molecule has 1 aromatic rings. The molecule has 1 heterocycles. The second kappa shape index (κ2) is 8.71. The monoisotopic (exact) mass is 422 g/mol. The highest BCUT2D eigenvalue weighted by Gasteiger charge is 2.39. The first-order valence-electron chi connectivity index (χ1n) is 9.93. The van der Waals surface area contributed by atoms with Crippen molar-refractivity contribution in [1.29, 1.82) is 0 Å². The summed E-state index contributed by atoms with van der Waals surface area (Å²) in [6.45, 7) is 3.84. The number of benzene rings is 1. The van der Waals surface area contributed by atoms with E-state index >= 15 is 0 Å². The standard InChI is InChI=1S/C21H27ClN2O5/c1-12-18(17(26)11-29-12)24-20(28)15(10-21(2)7-3-4-8-21)23-19(27)13-5-6-16(25)14(22)9-13/h5-6,9,12,15,18,25H,3-4,7-8,10-11H2,1-2H3,(H,23,27)(H,24,28)/t12-,15-,18-/m0/s1. The molecule has 29 heavy (non-hydrogen) atoms. The van der Waals surface area contributed by atoms with Crippen molar-refractivity contribution in [3.8, 4) is 5.75 Å². The van der Waals surface area contributed by atoms with Gasteiger partial charge in [-0.25, -0.2) is 0 Å². The van der Waals surface area contributed by atoms with Gasteiger partial charge in [-0.3, -0.25) is 14.4 Å². The van der Waals surface area contributed by atoms with Gasteiger partial charge >= 0.3 is 0 Å². The van der Waals surface area contributed by atoms with Gasteiger partial charge in [0.25, 0.3) is 5.91 Å². The van der Waals surface area contributed by atoms with Gasteiger partial charge in [-0.05, 0) is 49.8 Å². The fraction of sp³-hybridized carbons (Fsp3) is 0.571. The fourth-order valence-electron chi connectivity index (χ4n) is 4.14. The number of carbonyl (C=O) groups excluding carboxylic acids is 3. The Morgan fingerprint density at radius 3 is 2.62 bits per heavy atom. The van der Waals surface area contributed by atoms with Crippen molar-refractivity contribution in [2.24, 2.45) is 5.41 Å². The highest BCUT2D eigenvalue weighted by atomic mass is 35.5. The molecule has 1 saturated heterocycles. The minimum atomic E-state index is -0.793. The van der Waals surface area contributed by atoms with Crippen LogP contribution in [-0.2, 0) is 14.3 Å². The zero-order valence-electron chi connectivity index (χ0n) is 16.7. The van der Waals surface area contributed by atoms with Crippen molar-refractivity contribution in [3.05, 3.63) is 28.8 Å². The number of phenolic OH excluding ortho intramolecular Hbond substituents is 1. The number of ether oxygens (including phenoxy) is 1. The quantitative estimate of drug-likeness (QED) is 0.653. The molecule has 1 saturated carbocycles. The molecule has 1 aliphatic carbocycles. The summed E-state index contributed by atoms with van der Waals surface area (Å²) >= 11 is 5.90. The Morgan fingerprint density at radius 1 is 1.34 bits per heavy atom. The SMILES string of the molecule is C[C@@H]1OCC(=O)[C@H]1NC(=O)[C@H](CC1(C)CCCC1)NC(=O)c1ccc(O)c(Cl)c1. The Balaban J connectivity index is 1.76. The topological polar surface area (TPSA) is 105 Å². The third kappa shape index (κ3) is 5.08. The van der Waals surface area contributed by atoms with Crippen LogP contribution < -0.4 is 10.6 Å². The molecule has 2 fully saturated rings. The fourth-order valence-corrected chi connectivity index (χ4v) is 4.32. The van der Waals surface area contributed by atoms with E-state index in [0.29, 0.717) is 6.42 Å². The highest BCUT2D eigenvalue weighted by Crippen LogP contribution is 2.41. The normalized spacial score (nSPS) is 24.3. The van der Waals surface area contributed by atoms with Crippen molar-refractivity contribution in [3.63, 3.8) is 0 Å². The lowest BCUT2D eigenvalue weighted by molar-refractivity contribution is -0.128. The summed E-state index contributed by atoms with van der Waals surface area (Å²) < 4.78 is 5.30. The summed E-state index contributed by atoms with van der Waals surface area (Å²) in [5.74, 6) is -1.15. The van der Waals surface area contributed by atoms with Gasteiger partial charge in [0.05, 0.1) is 11.1 Å². The Morgan fingerprint density at radius 2 is 2.03 bits per heavy atom. The second-order valence-corrected chi connectivity index (χ2v) is 8.79. The number of ketones is 1. The molecule has 2 aliphatic rings. The third-order valence-electron chi connectivity index (χ3n) is 5.94. The van der Waals surface area contributed by atoms with Gasteiger partial charge < -0.3 is 20.5 Å². The molecule has 3 N–H and O–H groups in total. The molecule has 0 spiro atoms.